The molecular weight excluding hydrogens is 359 g/mol. The van der Waals surface area contributed by atoms with E-state index in [0.29, 0.717) is 34.0 Å². The molecule has 0 radical (unpaired) electrons. The molecule has 0 spiro atoms. The fraction of sp³-hybridized carbons (Fsp3) is 0.111. The molecule has 0 aliphatic carbocycles. The number of halogens is 2. The highest BCUT2D eigenvalue weighted by atomic mass is 35.5. The van der Waals surface area contributed by atoms with E-state index < -0.39 is 0 Å². The molecule has 0 atom stereocenters. The summed E-state index contributed by atoms with van der Waals surface area (Å²) in [6, 6.07) is 10.7. The first-order chi connectivity index (χ1) is 12.0. The Balaban J connectivity index is 1.63. The zero-order valence-electron chi connectivity index (χ0n) is 13.1. The summed E-state index contributed by atoms with van der Waals surface area (Å²) in [5.41, 5.74) is 7.62. The van der Waals surface area contributed by atoms with E-state index in [1.54, 1.807) is 24.3 Å². The highest BCUT2D eigenvalue weighted by Gasteiger charge is 2.03. The van der Waals surface area contributed by atoms with Crippen LogP contribution in [0.4, 0.5) is 5.95 Å². The molecule has 5 nitrogen and oxygen atoms in total. The molecule has 0 amide bonds. The summed E-state index contributed by atoms with van der Waals surface area (Å²) < 4.78 is 0. The highest BCUT2D eigenvalue weighted by molar-refractivity contribution is 6.42. The molecule has 1 aromatic heterocycles. The predicted octanol–water partition coefficient (Wildman–Crippen LogP) is 2.95. The third kappa shape index (κ3) is 4.31. The fourth-order valence-corrected chi connectivity index (χ4v) is 2.60. The summed E-state index contributed by atoms with van der Waals surface area (Å²) in [5, 5.41) is 4.70. The molecule has 0 aliphatic heterocycles. The minimum Gasteiger partial charge on any atom is -0.369 e. The number of nitrogen functional groups attached to an aromatic ring is 1. The summed E-state index contributed by atoms with van der Waals surface area (Å²) >= 11 is 11.8. The average Bonchev–Trinajstić information content (AvgIpc) is 2.58. The number of rotatable bonds is 3. The van der Waals surface area contributed by atoms with Gasteiger partial charge in [-0.15, -0.1) is 0 Å². The van der Waals surface area contributed by atoms with Gasteiger partial charge in [0.2, 0.25) is 5.95 Å². The van der Waals surface area contributed by atoms with Crippen LogP contribution in [0.25, 0.3) is 10.9 Å². The van der Waals surface area contributed by atoms with Crippen LogP contribution in [-0.4, -0.2) is 16.5 Å². The van der Waals surface area contributed by atoms with Crippen molar-refractivity contribution in [1.82, 2.24) is 15.3 Å². The van der Waals surface area contributed by atoms with E-state index in [-0.39, 0.29) is 11.5 Å². The maximum Gasteiger partial charge on any atom is 0.260 e. The number of hydrogen-bond acceptors (Lipinski definition) is 4. The molecule has 0 saturated carbocycles. The van der Waals surface area contributed by atoms with Crippen LogP contribution < -0.4 is 16.6 Å². The van der Waals surface area contributed by atoms with Gasteiger partial charge in [-0.2, -0.15) is 0 Å². The lowest BCUT2D eigenvalue weighted by Crippen LogP contribution is -2.15. The molecular formula is C18H14Cl2N4O. The Labute approximate surface area is 154 Å². The van der Waals surface area contributed by atoms with Gasteiger partial charge in [-0.3, -0.25) is 9.78 Å². The van der Waals surface area contributed by atoms with E-state index in [2.05, 4.69) is 27.1 Å². The Hall–Kier alpha value is -2.52. The lowest BCUT2D eigenvalue weighted by atomic mass is 10.1. The molecule has 25 heavy (non-hydrogen) atoms. The molecule has 0 aliphatic rings. The molecule has 3 aromatic rings. The summed E-state index contributed by atoms with van der Waals surface area (Å²) in [5.74, 6) is 6.14. The topological polar surface area (TPSA) is 83.8 Å². The number of anilines is 1. The van der Waals surface area contributed by atoms with Crippen molar-refractivity contribution < 1.29 is 0 Å². The molecule has 4 N–H and O–H groups in total. The Morgan fingerprint density at radius 1 is 1.16 bits per heavy atom. The summed E-state index contributed by atoms with van der Waals surface area (Å²) in [7, 11) is 0. The summed E-state index contributed by atoms with van der Waals surface area (Å²) in [6.07, 6.45) is 0. The van der Waals surface area contributed by atoms with E-state index in [1.807, 2.05) is 12.1 Å². The van der Waals surface area contributed by atoms with Crippen LogP contribution in [0.5, 0.6) is 0 Å². The first kappa shape index (κ1) is 17.3. The van der Waals surface area contributed by atoms with Crippen molar-refractivity contribution in [2.75, 3.05) is 12.3 Å². The quantitative estimate of drug-likeness (QED) is 0.487. The van der Waals surface area contributed by atoms with Crippen molar-refractivity contribution in [2.24, 2.45) is 0 Å². The minimum absolute atomic E-state index is 0.112. The second-order valence-electron chi connectivity index (χ2n) is 5.34. The first-order valence-electron chi connectivity index (χ1n) is 7.46. The van der Waals surface area contributed by atoms with Crippen LogP contribution in [-0.2, 0) is 6.54 Å². The number of H-pyrrole nitrogens is 1. The summed E-state index contributed by atoms with van der Waals surface area (Å²) in [6.45, 7) is 1.07. The van der Waals surface area contributed by atoms with Crippen molar-refractivity contribution in [1.29, 1.82) is 0 Å². The second kappa shape index (κ2) is 7.58. The third-order valence-corrected chi connectivity index (χ3v) is 4.22. The number of benzene rings is 2. The van der Waals surface area contributed by atoms with Crippen molar-refractivity contribution in [3.05, 3.63) is 67.9 Å². The van der Waals surface area contributed by atoms with Crippen LogP contribution in [0, 0.1) is 11.8 Å². The number of nitrogens with one attached hydrogen (secondary N) is 2. The van der Waals surface area contributed by atoms with Gasteiger partial charge in [0.1, 0.15) is 0 Å². The number of nitrogens with two attached hydrogens (primary N) is 1. The van der Waals surface area contributed by atoms with Crippen LogP contribution in [0.1, 0.15) is 11.1 Å². The van der Waals surface area contributed by atoms with Gasteiger partial charge in [0, 0.05) is 12.1 Å². The van der Waals surface area contributed by atoms with E-state index in [0.717, 1.165) is 11.1 Å². The summed E-state index contributed by atoms with van der Waals surface area (Å²) in [4.78, 5) is 18.5. The molecule has 0 fully saturated rings. The molecule has 126 valence electrons. The highest BCUT2D eigenvalue weighted by Crippen LogP contribution is 2.22. The number of aromatic amines is 1. The van der Waals surface area contributed by atoms with Crippen molar-refractivity contribution >= 4 is 40.1 Å². The van der Waals surface area contributed by atoms with Crippen LogP contribution in [0.15, 0.2) is 41.2 Å². The number of aromatic nitrogens is 2. The Morgan fingerprint density at radius 3 is 2.80 bits per heavy atom. The second-order valence-corrected chi connectivity index (χ2v) is 6.15. The monoisotopic (exact) mass is 372 g/mol. The van der Waals surface area contributed by atoms with E-state index in [1.165, 1.54) is 0 Å². The molecule has 0 saturated heterocycles. The number of nitrogens with zero attached hydrogens (tertiary/aromatic N) is 1. The van der Waals surface area contributed by atoms with Gasteiger partial charge in [-0.1, -0.05) is 41.1 Å². The maximum atomic E-state index is 11.9. The lowest BCUT2D eigenvalue weighted by molar-refractivity contribution is 0.771. The van der Waals surface area contributed by atoms with Crippen LogP contribution >= 0.6 is 23.2 Å². The Kier molecular flexibility index (Phi) is 5.25. The molecule has 0 unspecified atom stereocenters. The average molecular weight is 373 g/mol. The smallest absolute Gasteiger partial charge is 0.260 e. The Morgan fingerprint density at radius 2 is 2.00 bits per heavy atom. The molecule has 7 heteroatoms. The molecule has 3 rings (SSSR count). The van der Waals surface area contributed by atoms with E-state index in [9.17, 15) is 4.79 Å². The zero-order valence-corrected chi connectivity index (χ0v) is 14.6. The van der Waals surface area contributed by atoms with E-state index >= 15 is 0 Å². The fourth-order valence-electron chi connectivity index (χ4n) is 2.30. The van der Waals surface area contributed by atoms with Gasteiger partial charge in [0.15, 0.2) is 0 Å². The maximum absolute atomic E-state index is 11.9. The predicted molar refractivity (Wildman–Crippen MR) is 102 cm³/mol. The van der Waals surface area contributed by atoms with Gasteiger partial charge < -0.3 is 11.1 Å². The minimum atomic E-state index is -0.247. The van der Waals surface area contributed by atoms with Crippen LogP contribution in [0.3, 0.4) is 0 Å². The zero-order chi connectivity index (χ0) is 17.8. The van der Waals surface area contributed by atoms with Gasteiger partial charge in [-0.25, -0.2) is 4.98 Å². The van der Waals surface area contributed by atoms with E-state index in [4.69, 9.17) is 28.9 Å². The van der Waals surface area contributed by atoms with Gasteiger partial charge in [0.25, 0.3) is 5.56 Å². The molecule has 2 aromatic carbocycles. The normalized spacial score (nSPS) is 10.5. The SMILES string of the molecule is Nc1nc2ccc(CNCC#Cc3ccc(Cl)c(Cl)c3)cc2c(=O)[nH]1. The molecule has 1 heterocycles. The van der Waals surface area contributed by atoms with Gasteiger partial charge >= 0.3 is 0 Å². The number of hydrogen-bond donors (Lipinski definition) is 3. The Bertz CT molecular complexity index is 1050. The molecule has 0 bridgehead atoms. The van der Waals surface area contributed by atoms with Crippen LogP contribution in [0.2, 0.25) is 10.0 Å². The largest absolute Gasteiger partial charge is 0.369 e. The van der Waals surface area contributed by atoms with Crippen molar-refractivity contribution in [2.45, 2.75) is 6.54 Å². The third-order valence-electron chi connectivity index (χ3n) is 3.48. The first-order valence-corrected chi connectivity index (χ1v) is 8.21. The van der Waals surface area contributed by atoms with Gasteiger partial charge in [0.05, 0.1) is 27.5 Å². The number of fused-ring (bicyclic) bond motifs is 1. The van der Waals surface area contributed by atoms with Gasteiger partial charge in [-0.05, 0) is 35.9 Å². The van der Waals surface area contributed by atoms with Crippen molar-refractivity contribution in [3.63, 3.8) is 0 Å². The lowest BCUT2D eigenvalue weighted by Gasteiger charge is -2.04. The van der Waals surface area contributed by atoms with Crippen molar-refractivity contribution in [3.8, 4) is 11.8 Å². The standard InChI is InChI=1S/C18H14Cl2N4O/c19-14-5-3-11(9-15(14)20)2-1-7-22-10-12-4-6-16-13(8-12)17(25)24-18(21)23-16/h3-6,8-9,22H,7,10H2,(H3,21,23,24,25).